The number of nitrogens with zero attached hydrogens (tertiary/aromatic N) is 1. The lowest BCUT2D eigenvalue weighted by Gasteiger charge is -2.33. The van der Waals surface area contributed by atoms with Crippen LogP contribution in [0, 0.1) is 5.92 Å². The van der Waals surface area contributed by atoms with Crippen LogP contribution < -0.4 is 0 Å². The molecule has 0 unspecified atom stereocenters. The largest absolute Gasteiger partial charge is 0.390 e. The molecule has 2 bridgehead atoms. The zero-order chi connectivity index (χ0) is 11.0. The van der Waals surface area contributed by atoms with Gasteiger partial charge in [-0.1, -0.05) is 30.3 Å². The van der Waals surface area contributed by atoms with Gasteiger partial charge in [0.1, 0.15) is 0 Å². The minimum absolute atomic E-state index is 0.0301. The third kappa shape index (κ3) is 1.86. The van der Waals surface area contributed by atoms with Crippen molar-refractivity contribution in [3.63, 3.8) is 0 Å². The molecular weight excluding hydrogens is 202 g/mol. The van der Waals surface area contributed by atoms with Crippen molar-refractivity contribution in [3.05, 3.63) is 35.9 Å². The van der Waals surface area contributed by atoms with Crippen LogP contribution in [0.25, 0.3) is 0 Å². The molecule has 0 spiro atoms. The summed E-state index contributed by atoms with van der Waals surface area (Å²) in [5, 5.41) is 9.84. The third-order valence-electron chi connectivity index (χ3n) is 3.57. The molecule has 1 aromatic carbocycles. The molecule has 0 aliphatic carbocycles. The summed E-state index contributed by atoms with van der Waals surface area (Å²) in [6.45, 7) is 3.49. The molecule has 3 atom stereocenters. The molecule has 1 N–H and O–H groups in total. The zero-order valence-corrected chi connectivity index (χ0v) is 9.25. The molecule has 3 nitrogen and oxygen atoms in total. The summed E-state index contributed by atoms with van der Waals surface area (Å²) in [7, 11) is 0. The maximum absolute atomic E-state index is 9.84. The number of aliphatic hydroxyl groups excluding tert-OH is 1. The molecule has 2 heterocycles. The normalized spacial score (nSPS) is 34.2. The maximum atomic E-state index is 9.84. The van der Waals surface area contributed by atoms with Crippen molar-refractivity contribution < 1.29 is 9.84 Å². The number of hydrogen-bond acceptors (Lipinski definition) is 3. The molecule has 2 saturated heterocycles. The maximum Gasteiger partial charge on any atom is 0.0964 e. The monoisotopic (exact) mass is 219 g/mol. The van der Waals surface area contributed by atoms with Gasteiger partial charge < -0.3 is 9.84 Å². The van der Waals surface area contributed by atoms with E-state index in [1.807, 2.05) is 6.07 Å². The molecule has 2 fully saturated rings. The van der Waals surface area contributed by atoms with Gasteiger partial charge in [-0.15, -0.1) is 0 Å². The molecule has 16 heavy (non-hydrogen) atoms. The van der Waals surface area contributed by atoms with E-state index in [-0.39, 0.29) is 12.2 Å². The van der Waals surface area contributed by atoms with Crippen LogP contribution in [0.3, 0.4) is 0 Å². The Labute approximate surface area is 95.6 Å². The lowest BCUT2D eigenvalue weighted by atomic mass is 9.96. The number of fused-ring (bicyclic) bond motifs is 2. The summed E-state index contributed by atoms with van der Waals surface area (Å²) in [6.07, 6.45) is -0.213. The average Bonchev–Trinajstić information content (AvgIpc) is 2.54. The molecule has 0 amide bonds. The van der Waals surface area contributed by atoms with E-state index in [1.165, 1.54) is 5.56 Å². The van der Waals surface area contributed by atoms with Gasteiger partial charge in [0.25, 0.3) is 0 Å². The number of hydrogen-bond donors (Lipinski definition) is 1. The van der Waals surface area contributed by atoms with Gasteiger partial charge in [-0.2, -0.15) is 0 Å². The summed E-state index contributed by atoms with van der Waals surface area (Å²) in [5.41, 5.74) is 1.33. The Hall–Kier alpha value is -0.900. The van der Waals surface area contributed by atoms with Crippen LogP contribution >= 0.6 is 0 Å². The van der Waals surface area contributed by atoms with Crippen LogP contribution in [0.5, 0.6) is 0 Å². The number of rotatable bonds is 2. The highest BCUT2D eigenvalue weighted by Gasteiger charge is 2.41. The molecule has 3 heteroatoms. The van der Waals surface area contributed by atoms with E-state index in [4.69, 9.17) is 4.74 Å². The van der Waals surface area contributed by atoms with Crippen molar-refractivity contribution >= 4 is 0 Å². The summed E-state index contributed by atoms with van der Waals surface area (Å²) in [5.74, 6) is 0.308. The molecule has 86 valence electrons. The van der Waals surface area contributed by atoms with E-state index in [9.17, 15) is 5.11 Å². The first kappa shape index (κ1) is 10.3. The number of likely N-dealkylation sites (tertiary alicyclic amines) is 1. The standard InChI is InChI=1S/C13H17NO2/c15-13-11-7-14(8-12(13)16-9-11)6-10-4-2-1-3-5-10/h1-5,11-13,15H,6-9H2/t11-,12+,13+/m0/s1. The number of ether oxygens (including phenoxy) is 1. The van der Waals surface area contributed by atoms with E-state index in [1.54, 1.807) is 0 Å². The first-order chi connectivity index (χ1) is 7.83. The van der Waals surface area contributed by atoms with Crippen molar-refractivity contribution in [3.8, 4) is 0 Å². The predicted molar refractivity (Wildman–Crippen MR) is 61.0 cm³/mol. The van der Waals surface area contributed by atoms with Crippen LogP contribution in [0.15, 0.2) is 30.3 Å². The Morgan fingerprint density at radius 3 is 2.81 bits per heavy atom. The smallest absolute Gasteiger partial charge is 0.0964 e. The predicted octanol–water partition coefficient (Wildman–Crippen LogP) is 0.878. The van der Waals surface area contributed by atoms with Gasteiger partial charge in [-0.3, -0.25) is 4.90 Å². The van der Waals surface area contributed by atoms with Gasteiger partial charge in [0.15, 0.2) is 0 Å². The van der Waals surface area contributed by atoms with Gasteiger partial charge in [-0.25, -0.2) is 0 Å². The Morgan fingerprint density at radius 2 is 2.06 bits per heavy atom. The van der Waals surface area contributed by atoms with Gasteiger partial charge in [0.05, 0.1) is 18.8 Å². The fraction of sp³-hybridized carbons (Fsp3) is 0.538. The highest BCUT2D eigenvalue weighted by atomic mass is 16.5. The van der Waals surface area contributed by atoms with E-state index >= 15 is 0 Å². The first-order valence-corrected chi connectivity index (χ1v) is 5.89. The Kier molecular flexibility index (Phi) is 2.67. The van der Waals surface area contributed by atoms with E-state index in [0.29, 0.717) is 5.92 Å². The minimum Gasteiger partial charge on any atom is -0.390 e. The van der Waals surface area contributed by atoms with Crippen molar-refractivity contribution in [2.24, 2.45) is 5.92 Å². The molecule has 3 rings (SSSR count). The number of aliphatic hydroxyl groups is 1. The number of benzene rings is 1. The molecule has 1 aromatic rings. The summed E-state index contributed by atoms with van der Waals surface area (Å²) >= 11 is 0. The second-order valence-corrected chi connectivity index (χ2v) is 4.80. The van der Waals surface area contributed by atoms with E-state index < -0.39 is 0 Å². The zero-order valence-electron chi connectivity index (χ0n) is 9.25. The van der Waals surface area contributed by atoms with Crippen LogP contribution in [-0.2, 0) is 11.3 Å². The molecule has 0 aromatic heterocycles. The Morgan fingerprint density at radius 1 is 1.25 bits per heavy atom. The third-order valence-corrected chi connectivity index (χ3v) is 3.57. The highest BCUT2D eigenvalue weighted by Crippen LogP contribution is 2.28. The van der Waals surface area contributed by atoms with Crippen LogP contribution in [0.2, 0.25) is 0 Å². The first-order valence-electron chi connectivity index (χ1n) is 5.89. The molecule has 2 aliphatic heterocycles. The van der Waals surface area contributed by atoms with Gasteiger partial charge in [0, 0.05) is 25.6 Å². The molecule has 2 aliphatic rings. The topological polar surface area (TPSA) is 32.7 Å². The Balaban J connectivity index is 1.66. The molecule has 0 radical (unpaired) electrons. The SMILES string of the molecule is O[C@@H]1[C@@H]2CO[C@@H]1CN(Cc1ccccc1)C2. The second kappa shape index (κ2) is 4.17. The quantitative estimate of drug-likeness (QED) is 0.801. The lowest BCUT2D eigenvalue weighted by Crippen LogP contribution is -2.47. The van der Waals surface area contributed by atoms with Crippen molar-refractivity contribution in [1.29, 1.82) is 0 Å². The van der Waals surface area contributed by atoms with Crippen molar-refractivity contribution in [2.45, 2.75) is 18.8 Å². The van der Waals surface area contributed by atoms with Crippen molar-refractivity contribution in [1.82, 2.24) is 4.90 Å². The second-order valence-electron chi connectivity index (χ2n) is 4.80. The summed E-state index contributed by atoms with van der Waals surface area (Å²) < 4.78 is 5.57. The lowest BCUT2D eigenvalue weighted by molar-refractivity contribution is -0.0105. The fourth-order valence-electron chi connectivity index (χ4n) is 2.70. The van der Waals surface area contributed by atoms with Crippen LogP contribution in [-0.4, -0.2) is 41.9 Å². The van der Waals surface area contributed by atoms with Crippen LogP contribution in [0.1, 0.15) is 5.56 Å². The number of piperidine rings is 1. The van der Waals surface area contributed by atoms with Crippen molar-refractivity contribution in [2.75, 3.05) is 19.7 Å². The van der Waals surface area contributed by atoms with Gasteiger partial charge in [0.2, 0.25) is 0 Å². The summed E-state index contributed by atoms with van der Waals surface area (Å²) in [6, 6.07) is 10.5. The van der Waals surface area contributed by atoms with Gasteiger partial charge >= 0.3 is 0 Å². The highest BCUT2D eigenvalue weighted by molar-refractivity contribution is 5.14. The Bertz CT molecular complexity index is 340. The average molecular weight is 219 g/mol. The summed E-state index contributed by atoms with van der Waals surface area (Å²) in [4.78, 5) is 2.38. The van der Waals surface area contributed by atoms with Gasteiger partial charge in [-0.05, 0) is 5.56 Å². The van der Waals surface area contributed by atoms with E-state index in [0.717, 1.165) is 26.2 Å². The van der Waals surface area contributed by atoms with E-state index in [2.05, 4.69) is 29.2 Å². The fourth-order valence-corrected chi connectivity index (χ4v) is 2.70. The molecule has 0 saturated carbocycles. The van der Waals surface area contributed by atoms with Crippen LogP contribution in [0.4, 0.5) is 0 Å². The molecular formula is C13H17NO2. The minimum atomic E-state index is -0.243.